The zero-order valence-corrected chi connectivity index (χ0v) is 16.7. The number of aryl methyl sites for hydroxylation is 1. The summed E-state index contributed by atoms with van der Waals surface area (Å²) in [5.41, 5.74) is 3.42. The van der Waals surface area contributed by atoms with Gasteiger partial charge in [0.25, 0.3) is 0 Å². The third kappa shape index (κ3) is 4.08. The van der Waals surface area contributed by atoms with Gasteiger partial charge < -0.3 is 24.5 Å². The van der Waals surface area contributed by atoms with Crippen molar-refractivity contribution in [2.45, 2.75) is 39.2 Å². The molecular formula is C21H24N4O4. The van der Waals surface area contributed by atoms with Gasteiger partial charge in [0.2, 0.25) is 5.95 Å². The molecule has 0 amide bonds. The van der Waals surface area contributed by atoms with Crippen molar-refractivity contribution >= 4 is 23.3 Å². The fourth-order valence-corrected chi connectivity index (χ4v) is 3.45. The van der Waals surface area contributed by atoms with E-state index in [0.29, 0.717) is 36.9 Å². The van der Waals surface area contributed by atoms with E-state index in [0.717, 1.165) is 23.0 Å². The first-order valence-electron chi connectivity index (χ1n) is 9.51. The SMILES string of the molecule is Cc1ccc(O)c(Cn2c(NCC3COC(C)(C)O3)nc3ccc(C=O)cc32)n1. The lowest BCUT2D eigenvalue weighted by molar-refractivity contribution is -0.136. The second kappa shape index (κ2) is 7.46. The predicted octanol–water partition coefficient (Wildman–Crippen LogP) is 2.87. The maximum Gasteiger partial charge on any atom is 0.204 e. The highest BCUT2D eigenvalue weighted by molar-refractivity contribution is 5.86. The Morgan fingerprint density at radius 3 is 2.86 bits per heavy atom. The van der Waals surface area contributed by atoms with Gasteiger partial charge in [0.15, 0.2) is 5.79 Å². The third-order valence-corrected chi connectivity index (χ3v) is 4.86. The molecule has 3 aromatic rings. The number of nitrogens with one attached hydrogen (secondary N) is 1. The number of anilines is 1. The quantitative estimate of drug-likeness (QED) is 0.618. The fourth-order valence-electron chi connectivity index (χ4n) is 3.45. The molecule has 1 aromatic carbocycles. The van der Waals surface area contributed by atoms with Gasteiger partial charge in [-0.1, -0.05) is 0 Å². The van der Waals surface area contributed by atoms with E-state index in [1.54, 1.807) is 24.3 Å². The molecule has 1 atom stereocenters. The molecule has 0 saturated carbocycles. The number of benzene rings is 1. The molecule has 1 saturated heterocycles. The van der Waals surface area contributed by atoms with Crippen LogP contribution in [0.15, 0.2) is 30.3 Å². The minimum atomic E-state index is -0.595. The van der Waals surface area contributed by atoms with E-state index in [4.69, 9.17) is 9.47 Å². The first-order chi connectivity index (χ1) is 13.8. The van der Waals surface area contributed by atoms with Gasteiger partial charge in [0.1, 0.15) is 23.8 Å². The van der Waals surface area contributed by atoms with Gasteiger partial charge in [0.05, 0.1) is 24.2 Å². The molecule has 1 aliphatic heterocycles. The summed E-state index contributed by atoms with van der Waals surface area (Å²) in [6, 6.07) is 8.71. The number of aldehydes is 1. The number of ether oxygens (including phenoxy) is 2. The maximum atomic E-state index is 11.3. The molecule has 29 heavy (non-hydrogen) atoms. The van der Waals surface area contributed by atoms with Crippen molar-refractivity contribution in [3.8, 4) is 5.75 Å². The summed E-state index contributed by atoms with van der Waals surface area (Å²) in [7, 11) is 0. The predicted molar refractivity (Wildman–Crippen MR) is 108 cm³/mol. The minimum absolute atomic E-state index is 0.103. The monoisotopic (exact) mass is 396 g/mol. The number of imidazole rings is 1. The highest BCUT2D eigenvalue weighted by atomic mass is 16.7. The molecule has 1 unspecified atom stereocenters. The van der Waals surface area contributed by atoms with Crippen LogP contribution in [0.2, 0.25) is 0 Å². The van der Waals surface area contributed by atoms with Crippen LogP contribution in [0.5, 0.6) is 5.75 Å². The molecule has 3 heterocycles. The van der Waals surface area contributed by atoms with Gasteiger partial charge in [-0.2, -0.15) is 0 Å². The highest BCUT2D eigenvalue weighted by Gasteiger charge is 2.32. The molecule has 1 aliphatic rings. The van der Waals surface area contributed by atoms with Gasteiger partial charge in [0, 0.05) is 17.8 Å². The van der Waals surface area contributed by atoms with E-state index in [-0.39, 0.29) is 11.9 Å². The Hall–Kier alpha value is -2.97. The summed E-state index contributed by atoms with van der Waals surface area (Å²) in [5.74, 6) is 0.131. The number of carbonyl (C=O) groups excluding carboxylic acids is 1. The van der Waals surface area contributed by atoms with Crippen LogP contribution >= 0.6 is 0 Å². The molecule has 8 nitrogen and oxygen atoms in total. The van der Waals surface area contributed by atoms with E-state index < -0.39 is 5.79 Å². The number of fused-ring (bicyclic) bond motifs is 1. The minimum Gasteiger partial charge on any atom is -0.506 e. The Morgan fingerprint density at radius 1 is 1.31 bits per heavy atom. The molecule has 0 bridgehead atoms. The van der Waals surface area contributed by atoms with Crippen molar-refractivity contribution in [3.63, 3.8) is 0 Å². The van der Waals surface area contributed by atoms with Crippen molar-refractivity contribution in [1.29, 1.82) is 0 Å². The van der Waals surface area contributed by atoms with E-state index in [1.165, 1.54) is 0 Å². The summed E-state index contributed by atoms with van der Waals surface area (Å²) in [5, 5.41) is 13.6. The maximum absolute atomic E-state index is 11.3. The van der Waals surface area contributed by atoms with Crippen LogP contribution in [0.4, 0.5) is 5.95 Å². The molecule has 0 aliphatic carbocycles. The Morgan fingerprint density at radius 2 is 2.14 bits per heavy atom. The molecule has 152 valence electrons. The lowest BCUT2D eigenvalue weighted by atomic mass is 10.2. The normalized spacial score (nSPS) is 18.2. The van der Waals surface area contributed by atoms with Gasteiger partial charge in [-0.15, -0.1) is 0 Å². The Balaban J connectivity index is 1.68. The van der Waals surface area contributed by atoms with Crippen molar-refractivity contribution < 1.29 is 19.4 Å². The third-order valence-electron chi connectivity index (χ3n) is 4.86. The number of hydrogen-bond acceptors (Lipinski definition) is 7. The number of aromatic hydroxyl groups is 1. The smallest absolute Gasteiger partial charge is 0.204 e. The van der Waals surface area contributed by atoms with Crippen LogP contribution in [-0.4, -0.2) is 51.0 Å². The zero-order valence-electron chi connectivity index (χ0n) is 16.7. The van der Waals surface area contributed by atoms with E-state index >= 15 is 0 Å². The van der Waals surface area contributed by atoms with Crippen molar-refractivity contribution in [3.05, 3.63) is 47.3 Å². The van der Waals surface area contributed by atoms with Crippen LogP contribution in [0.1, 0.15) is 35.6 Å². The number of carbonyl (C=O) groups is 1. The lowest BCUT2D eigenvalue weighted by Crippen LogP contribution is -2.26. The first kappa shape index (κ1) is 19.4. The van der Waals surface area contributed by atoms with Crippen molar-refractivity contribution in [1.82, 2.24) is 14.5 Å². The van der Waals surface area contributed by atoms with Crippen LogP contribution in [0, 0.1) is 6.92 Å². The largest absolute Gasteiger partial charge is 0.506 e. The van der Waals surface area contributed by atoms with Gasteiger partial charge in [-0.3, -0.25) is 9.78 Å². The summed E-state index contributed by atoms with van der Waals surface area (Å²) in [4.78, 5) is 20.4. The Bertz CT molecular complexity index is 1060. The molecular weight excluding hydrogens is 372 g/mol. The number of hydrogen-bond donors (Lipinski definition) is 2. The van der Waals surface area contributed by atoms with Crippen LogP contribution in [-0.2, 0) is 16.0 Å². The van der Waals surface area contributed by atoms with E-state index in [1.807, 2.05) is 31.4 Å². The summed E-state index contributed by atoms with van der Waals surface area (Å²) in [6.07, 6.45) is 0.701. The van der Waals surface area contributed by atoms with Crippen LogP contribution < -0.4 is 5.32 Å². The summed E-state index contributed by atoms with van der Waals surface area (Å²) >= 11 is 0. The highest BCUT2D eigenvalue weighted by Crippen LogP contribution is 2.26. The lowest BCUT2D eigenvalue weighted by Gasteiger charge is -2.18. The fraction of sp³-hybridized carbons (Fsp3) is 0.381. The van der Waals surface area contributed by atoms with Gasteiger partial charge in [-0.25, -0.2) is 4.98 Å². The topological polar surface area (TPSA) is 98.5 Å². The van der Waals surface area contributed by atoms with E-state index in [9.17, 15) is 9.90 Å². The molecule has 4 rings (SSSR count). The average molecular weight is 396 g/mol. The number of pyridine rings is 1. The van der Waals surface area contributed by atoms with E-state index in [2.05, 4.69) is 15.3 Å². The molecule has 2 N–H and O–H groups in total. The zero-order chi connectivity index (χ0) is 20.6. The van der Waals surface area contributed by atoms with Crippen molar-refractivity contribution in [2.75, 3.05) is 18.5 Å². The van der Waals surface area contributed by atoms with Crippen molar-refractivity contribution in [2.24, 2.45) is 0 Å². The molecule has 0 radical (unpaired) electrons. The summed E-state index contributed by atoms with van der Waals surface area (Å²) in [6.45, 7) is 6.96. The standard InChI is InChI=1S/C21H24N4O4/c1-13-4-7-19(27)17(23-13)10-25-18-8-14(11-26)5-6-16(18)24-20(25)22-9-15-12-28-21(2,3)29-15/h4-8,11,15,27H,9-10,12H2,1-3H3,(H,22,24). The van der Waals surface area contributed by atoms with Crippen LogP contribution in [0.25, 0.3) is 11.0 Å². The molecule has 0 spiro atoms. The van der Waals surface area contributed by atoms with Crippen LogP contribution in [0.3, 0.4) is 0 Å². The molecule has 1 fully saturated rings. The number of aromatic nitrogens is 3. The molecule has 8 heteroatoms. The Kier molecular flexibility index (Phi) is 4.97. The van der Waals surface area contributed by atoms with Gasteiger partial charge in [-0.05, 0) is 51.1 Å². The summed E-state index contributed by atoms with van der Waals surface area (Å²) < 4.78 is 13.4. The molecule has 2 aromatic heterocycles. The first-order valence-corrected chi connectivity index (χ1v) is 9.51. The second-order valence-electron chi connectivity index (χ2n) is 7.64. The van der Waals surface area contributed by atoms with Gasteiger partial charge >= 0.3 is 0 Å². The average Bonchev–Trinajstić information content (AvgIpc) is 3.21. The number of rotatable bonds is 6. The number of nitrogens with zero attached hydrogens (tertiary/aromatic N) is 3. The Labute approximate surface area is 168 Å². The second-order valence-corrected chi connectivity index (χ2v) is 7.64.